The number of hydrogen-bond donors (Lipinski definition) is 1. The maximum atomic E-state index is 12.6. The lowest BCUT2D eigenvalue weighted by Gasteiger charge is -2.34. The summed E-state index contributed by atoms with van der Waals surface area (Å²) in [5, 5.41) is 0. The van der Waals surface area contributed by atoms with Gasteiger partial charge in [-0.1, -0.05) is 0 Å². The smallest absolute Gasteiger partial charge is 0.243 e. The zero-order valence-corrected chi connectivity index (χ0v) is 12.7. The first kappa shape index (κ1) is 15.1. The van der Waals surface area contributed by atoms with Crippen LogP contribution in [-0.2, 0) is 14.8 Å². The second-order valence-corrected chi connectivity index (χ2v) is 6.92. The van der Waals surface area contributed by atoms with E-state index < -0.39 is 10.0 Å². The Morgan fingerprint density at radius 2 is 1.90 bits per heavy atom. The van der Waals surface area contributed by atoms with Crippen molar-refractivity contribution >= 4 is 15.7 Å². The molecule has 1 heterocycles. The molecule has 1 aromatic rings. The summed E-state index contributed by atoms with van der Waals surface area (Å²) in [5.74, 6) is 0.465. The van der Waals surface area contributed by atoms with Gasteiger partial charge in [0.1, 0.15) is 5.75 Å². The first-order chi connectivity index (χ1) is 9.34. The predicted octanol–water partition coefficient (Wildman–Crippen LogP) is 1.08. The van der Waals surface area contributed by atoms with Crippen molar-refractivity contribution in [3.63, 3.8) is 0 Å². The van der Waals surface area contributed by atoms with E-state index in [1.807, 2.05) is 13.8 Å². The van der Waals surface area contributed by atoms with Gasteiger partial charge in [-0.05, 0) is 32.0 Å². The van der Waals surface area contributed by atoms with Crippen LogP contribution in [0.1, 0.15) is 13.8 Å². The molecule has 0 bridgehead atoms. The standard InChI is InChI=1S/C13H20N2O4S/c1-9-7-15(8-10(2)19-9)20(16,17)11-4-5-13(18-3)12(14)6-11/h4-6,9-10H,7-8,14H2,1-3H3/t9-,10+. The van der Waals surface area contributed by atoms with Crippen LogP contribution in [0.4, 0.5) is 5.69 Å². The number of benzene rings is 1. The van der Waals surface area contributed by atoms with Gasteiger partial charge in [0.2, 0.25) is 10.0 Å². The van der Waals surface area contributed by atoms with E-state index in [0.29, 0.717) is 24.5 Å². The van der Waals surface area contributed by atoms with E-state index in [4.69, 9.17) is 15.2 Å². The van der Waals surface area contributed by atoms with Crippen molar-refractivity contribution in [2.24, 2.45) is 0 Å². The minimum atomic E-state index is -3.56. The van der Waals surface area contributed by atoms with Gasteiger partial charge in [0.25, 0.3) is 0 Å². The van der Waals surface area contributed by atoms with Gasteiger partial charge < -0.3 is 15.2 Å². The summed E-state index contributed by atoms with van der Waals surface area (Å²) in [7, 11) is -2.07. The molecule has 20 heavy (non-hydrogen) atoms. The highest BCUT2D eigenvalue weighted by Gasteiger charge is 2.32. The van der Waals surface area contributed by atoms with Crippen LogP contribution in [0, 0.1) is 0 Å². The molecule has 0 radical (unpaired) electrons. The van der Waals surface area contributed by atoms with Crippen LogP contribution in [0.15, 0.2) is 23.1 Å². The summed E-state index contributed by atoms with van der Waals surface area (Å²) < 4.78 is 37.2. The Hall–Kier alpha value is -1.31. The lowest BCUT2D eigenvalue weighted by atomic mass is 10.3. The zero-order valence-electron chi connectivity index (χ0n) is 11.9. The van der Waals surface area contributed by atoms with Crippen LogP contribution in [0.2, 0.25) is 0 Å². The van der Waals surface area contributed by atoms with Crippen LogP contribution in [-0.4, -0.2) is 45.1 Å². The number of sulfonamides is 1. The number of nitrogens with zero attached hydrogens (tertiary/aromatic N) is 1. The Bertz CT molecular complexity index is 578. The quantitative estimate of drug-likeness (QED) is 0.845. The van der Waals surface area contributed by atoms with Gasteiger partial charge in [0.15, 0.2) is 0 Å². The monoisotopic (exact) mass is 300 g/mol. The van der Waals surface area contributed by atoms with Crippen molar-refractivity contribution in [2.75, 3.05) is 25.9 Å². The molecule has 0 spiro atoms. The van der Waals surface area contributed by atoms with Crippen LogP contribution in [0.3, 0.4) is 0 Å². The molecule has 112 valence electrons. The summed E-state index contributed by atoms with van der Waals surface area (Å²) in [6, 6.07) is 4.50. The summed E-state index contributed by atoms with van der Waals surface area (Å²) >= 11 is 0. The van der Waals surface area contributed by atoms with Gasteiger partial charge in [-0.15, -0.1) is 0 Å². The van der Waals surface area contributed by atoms with Crippen molar-refractivity contribution < 1.29 is 17.9 Å². The van der Waals surface area contributed by atoms with Gasteiger partial charge in [-0.2, -0.15) is 4.31 Å². The van der Waals surface area contributed by atoms with Gasteiger partial charge in [-0.25, -0.2) is 8.42 Å². The molecule has 6 nitrogen and oxygen atoms in total. The van der Waals surface area contributed by atoms with E-state index in [2.05, 4.69) is 0 Å². The molecule has 0 aliphatic carbocycles. The summed E-state index contributed by atoms with van der Waals surface area (Å²) in [6.45, 7) is 4.42. The Morgan fingerprint density at radius 3 is 2.40 bits per heavy atom. The third kappa shape index (κ3) is 2.89. The molecule has 1 saturated heterocycles. The minimum Gasteiger partial charge on any atom is -0.495 e. The highest BCUT2D eigenvalue weighted by molar-refractivity contribution is 7.89. The zero-order chi connectivity index (χ0) is 14.9. The molecule has 2 atom stereocenters. The third-order valence-corrected chi connectivity index (χ3v) is 5.05. The topological polar surface area (TPSA) is 81.9 Å². The lowest BCUT2D eigenvalue weighted by Crippen LogP contribution is -2.48. The Balaban J connectivity index is 2.32. The first-order valence-electron chi connectivity index (χ1n) is 6.43. The molecule has 2 N–H and O–H groups in total. The Kier molecular flexibility index (Phi) is 4.22. The van der Waals surface area contributed by atoms with Crippen LogP contribution >= 0.6 is 0 Å². The van der Waals surface area contributed by atoms with Crippen molar-refractivity contribution in [1.82, 2.24) is 4.31 Å². The number of ether oxygens (including phenoxy) is 2. The number of nitrogen functional groups attached to an aromatic ring is 1. The number of anilines is 1. The second kappa shape index (κ2) is 5.59. The molecule has 1 fully saturated rings. The van der Waals surface area contributed by atoms with Gasteiger partial charge in [0, 0.05) is 13.1 Å². The number of hydrogen-bond acceptors (Lipinski definition) is 5. The van der Waals surface area contributed by atoms with Crippen molar-refractivity contribution in [2.45, 2.75) is 31.0 Å². The molecule has 1 aliphatic heterocycles. The number of morpholine rings is 1. The van der Waals surface area contributed by atoms with Crippen LogP contribution in [0.5, 0.6) is 5.75 Å². The van der Waals surface area contributed by atoms with Crippen molar-refractivity contribution in [3.8, 4) is 5.75 Å². The molecule has 0 saturated carbocycles. The molecule has 0 amide bonds. The summed E-state index contributed by atoms with van der Waals surface area (Å²) in [4.78, 5) is 0.178. The fourth-order valence-corrected chi connectivity index (χ4v) is 3.98. The van der Waals surface area contributed by atoms with E-state index in [9.17, 15) is 8.42 Å². The SMILES string of the molecule is COc1ccc(S(=O)(=O)N2C[C@@H](C)O[C@@H](C)C2)cc1N. The van der Waals surface area contributed by atoms with Crippen molar-refractivity contribution in [3.05, 3.63) is 18.2 Å². The molecule has 1 aromatic carbocycles. The molecular weight excluding hydrogens is 280 g/mol. The van der Waals surface area contributed by atoms with E-state index >= 15 is 0 Å². The number of nitrogens with two attached hydrogens (primary N) is 1. The normalized spacial score (nSPS) is 24.6. The van der Waals surface area contributed by atoms with E-state index in [1.54, 1.807) is 6.07 Å². The van der Waals surface area contributed by atoms with E-state index in [0.717, 1.165) is 0 Å². The second-order valence-electron chi connectivity index (χ2n) is 4.98. The Morgan fingerprint density at radius 1 is 1.30 bits per heavy atom. The maximum Gasteiger partial charge on any atom is 0.243 e. The molecular formula is C13H20N2O4S. The minimum absolute atomic E-state index is 0.121. The lowest BCUT2D eigenvalue weighted by molar-refractivity contribution is -0.0440. The third-order valence-electron chi connectivity index (χ3n) is 3.23. The highest BCUT2D eigenvalue weighted by Crippen LogP contribution is 2.27. The molecule has 0 unspecified atom stereocenters. The molecule has 0 aromatic heterocycles. The average molecular weight is 300 g/mol. The van der Waals surface area contributed by atoms with E-state index in [1.165, 1.54) is 23.5 Å². The van der Waals surface area contributed by atoms with Gasteiger partial charge >= 0.3 is 0 Å². The molecule has 1 aliphatic rings. The summed E-state index contributed by atoms with van der Waals surface area (Å²) in [6.07, 6.45) is -0.242. The average Bonchev–Trinajstić information content (AvgIpc) is 2.37. The maximum absolute atomic E-state index is 12.6. The van der Waals surface area contributed by atoms with Crippen LogP contribution in [0.25, 0.3) is 0 Å². The fraction of sp³-hybridized carbons (Fsp3) is 0.538. The predicted molar refractivity (Wildman–Crippen MR) is 76.2 cm³/mol. The van der Waals surface area contributed by atoms with Gasteiger partial charge in [0.05, 0.1) is 29.9 Å². The largest absolute Gasteiger partial charge is 0.495 e. The van der Waals surface area contributed by atoms with Gasteiger partial charge in [-0.3, -0.25) is 0 Å². The first-order valence-corrected chi connectivity index (χ1v) is 7.87. The van der Waals surface area contributed by atoms with Crippen molar-refractivity contribution in [1.29, 1.82) is 0 Å². The molecule has 2 rings (SSSR count). The summed E-state index contributed by atoms with van der Waals surface area (Å²) in [5.41, 5.74) is 6.09. The highest BCUT2D eigenvalue weighted by atomic mass is 32.2. The number of rotatable bonds is 3. The number of methoxy groups -OCH3 is 1. The van der Waals surface area contributed by atoms with E-state index in [-0.39, 0.29) is 17.1 Å². The van der Waals surface area contributed by atoms with Crippen LogP contribution < -0.4 is 10.5 Å². The Labute approximate surface area is 119 Å². The molecule has 7 heteroatoms. The fourth-order valence-electron chi connectivity index (χ4n) is 2.35.